The normalized spacial score (nSPS) is 13.4. The van der Waals surface area contributed by atoms with Crippen LogP contribution >= 0.6 is 0 Å². The van der Waals surface area contributed by atoms with E-state index in [1.54, 1.807) is 48.9 Å². The van der Waals surface area contributed by atoms with E-state index in [-0.39, 0.29) is 0 Å². The Hall–Kier alpha value is -4.00. The fraction of sp³-hybridized carbons (Fsp3) is 0.280. The van der Waals surface area contributed by atoms with Crippen LogP contribution in [0.2, 0.25) is 0 Å². The fourth-order valence-electron chi connectivity index (χ4n) is 3.24. The second kappa shape index (κ2) is 11.7. The van der Waals surface area contributed by atoms with Crippen LogP contribution in [0, 0.1) is 18.8 Å². The third kappa shape index (κ3) is 7.00. The lowest BCUT2D eigenvalue weighted by molar-refractivity contribution is 0.0398. The molecule has 2 aromatic heterocycles. The van der Waals surface area contributed by atoms with Gasteiger partial charge >= 0.3 is 6.09 Å². The number of anilines is 2. The number of pyridine rings is 1. The van der Waals surface area contributed by atoms with Crippen LogP contribution in [-0.4, -0.2) is 65.3 Å². The Labute approximate surface area is 198 Å². The maximum atomic E-state index is 12.1. The van der Waals surface area contributed by atoms with Gasteiger partial charge in [0, 0.05) is 44.1 Å². The number of rotatable bonds is 6. The van der Waals surface area contributed by atoms with E-state index >= 15 is 0 Å². The quantitative estimate of drug-likeness (QED) is 0.544. The first-order chi connectivity index (χ1) is 16.7. The van der Waals surface area contributed by atoms with E-state index in [1.807, 2.05) is 13.0 Å². The van der Waals surface area contributed by atoms with Crippen LogP contribution in [0.1, 0.15) is 16.8 Å². The first-order valence-corrected chi connectivity index (χ1v) is 11.0. The Balaban J connectivity index is 1.32. The van der Waals surface area contributed by atoms with Crippen molar-refractivity contribution in [3.63, 3.8) is 0 Å². The van der Waals surface area contributed by atoms with Gasteiger partial charge in [0.2, 0.25) is 5.95 Å². The number of carbonyl (C=O) groups is 1. The summed E-state index contributed by atoms with van der Waals surface area (Å²) in [6, 6.07) is 10.6. The third-order valence-corrected chi connectivity index (χ3v) is 5.10. The highest BCUT2D eigenvalue weighted by atomic mass is 16.6. The summed E-state index contributed by atoms with van der Waals surface area (Å²) >= 11 is 0. The lowest BCUT2D eigenvalue weighted by atomic mass is 10.2. The second-order valence-electron chi connectivity index (χ2n) is 7.61. The Morgan fingerprint density at radius 2 is 1.85 bits per heavy atom. The van der Waals surface area contributed by atoms with Crippen molar-refractivity contribution in [1.82, 2.24) is 19.9 Å². The molecule has 174 valence electrons. The van der Waals surface area contributed by atoms with Crippen LogP contribution in [0.4, 0.5) is 16.4 Å². The molecule has 9 nitrogen and oxygen atoms in total. The van der Waals surface area contributed by atoms with Gasteiger partial charge in [-0.25, -0.2) is 14.8 Å². The summed E-state index contributed by atoms with van der Waals surface area (Å²) in [7, 11) is 0. The van der Waals surface area contributed by atoms with Gasteiger partial charge in [-0.3, -0.25) is 15.2 Å². The van der Waals surface area contributed by atoms with Crippen LogP contribution in [0.25, 0.3) is 0 Å². The van der Waals surface area contributed by atoms with Crippen LogP contribution in [0.5, 0.6) is 5.75 Å². The molecule has 0 radical (unpaired) electrons. The molecule has 4 rings (SSSR count). The topological polar surface area (TPSA) is 102 Å². The number of aromatic nitrogens is 3. The molecule has 0 spiro atoms. The van der Waals surface area contributed by atoms with E-state index in [1.165, 1.54) is 0 Å². The summed E-state index contributed by atoms with van der Waals surface area (Å²) in [4.78, 5) is 27.5. The maximum Gasteiger partial charge on any atom is 0.417 e. The Morgan fingerprint density at radius 1 is 1.09 bits per heavy atom. The number of nitrogens with zero attached hydrogens (tertiary/aromatic N) is 4. The molecule has 0 unspecified atom stereocenters. The minimum absolute atomic E-state index is 0.458. The van der Waals surface area contributed by atoms with Gasteiger partial charge in [0.05, 0.1) is 36.4 Å². The zero-order valence-electron chi connectivity index (χ0n) is 19.0. The van der Waals surface area contributed by atoms with E-state index < -0.39 is 6.09 Å². The maximum absolute atomic E-state index is 12.1. The number of amides is 1. The van der Waals surface area contributed by atoms with Crippen molar-refractivity contribution in [2.45, 2.75) is 6.92 Å². The van der Waals surface area contributed by atoms with Gasteiger partial charge < -0.3 is 14.8 Å². The first-order valence-electron chi connectivity index (χ1n) is 11.0. The summed E-state index contributed by atoms with van der Waals surface area (Å²) in [5.41, 5.74) is 2.61. The number of carbonyl (C=O) groups excluding carboxylic acids is 1. The number of ether oxygens (including phenoxy) is 2. The van der Waals surface area contributed by atoms with Crippen molar-refractivity contribution < 1.29 is 14.3 Å². The molecule has 1 aliphatic heterocycles. The molecule has 0 atom stereocenters. The predicted octanol–water partition coefficient (Wildman–Crippen LogP) is 2.93. The minimum atomic E-state index is -0.596. The number of nitrogens with one attached hydrogen (secondary N) is 2. The van der Waals surface area contributed by atoms with Gasteiger partial charge in [-0.1, -0.05) is 30.0 Å². The van der Waals surface area contributed by atoms with Gasteiger partial charge in [-0.05, 0) is 25.1 Å². The Kier molecular flexibility index (Phi) is 8.00. The highest BCUT2D eigenvalue weighted by Gasteiger charge is 2.09. The van der Waals surface area contributed by atoms with Gasteiger partial charge in [-0.15, -0.1) is 0 Å². The van der Waals surface area contributed by atoms with Crippen molar-refractivity contribution in [3.05, 3.63) is 71.8 Å². The summed E-state index contributed by atoms with van der Waals surface area (Å²) in [6.07, 6.45) is 4.33. The van der Waals surface area contributed by atoms with E-state index in [4.69, 9.17) is 9.47 Å². The zero-order chi connectivity index (χ0) is 23.6. The molecular formula is C25H26N6O3. The SMILES string of the molecule is Cc1ncc(NC(=O)Oc2ccccc2)cc1C#Cc1cnc(NCCN2CCOCC2)nc1. The first kappa shape index (κ1) is 23.2. The van der Waals surface area contributed by atoms with E-state index in [0.717, 1.165) is 45.1 Å². The summed E-state index contributed by atoms with van der Waals surface area (Å²) < 4.78 is 10.6. The molecule has 0 bridgehead atoms. The van der Waals surface area contributed by atoms with Crippen molar-refractivity contribution >= 4 is 17.7 Å². The van der Waals surface area contributed by atoms with Crippen molar-refractivity contribution in [1.29, 1.82) is 0 Å². The van der Waals surface area contributed by atoms with Crippen LogP contribution in [0.3, 0.4) is 0 Å². The van der Waals surface area contributed by atoms with Gasteiger partial charge in [-0.2, -0.15) is 0 Å². The molecular weight excluding hydrogens is 432 g/mol. The fourth-order valence-corrected chi connectivity index (χ4v) is 3.24. The predicted molar refractivity (Wildman–Crippen MR) is 129 cm³/mol. The largest absolute Gasteiger partial charge is 0.417 e. The summed E-state index contributed by atoms with van der Waals surface area (Å²) in [5.74, 6) is 7.15. The molecule has 1 aromatic carbocycles. The molecule has 3 heterocycles. The summed E-state index contributed by atoms with van der Waals surface area (Å²) in [5, 5.41) is 5.90. The number of hydrogen-bond donors (Lipinski definition) is 2. The van der Waals surface area contributed by atoms with Crippen molar-refractivity contribution in [2.24, 2.45) is 0 Å². The Bertz CT molecular complexity index is 1150. The molecule has 1 amide bonds. The third-order valence-electron chi connectivity index (χ3n) is 5.10. The van der Waals surface area contributed by atoms with E-state index in [0.29, 0.717) is 28.5 Å². The van der Waals surface area contributed by atoms with Gasteiger partial charge in [0.1, 0.15) is 5.75 Å². The monoisotopic (exact) mass is 458 g/mol. The number of hydrogen-bond acceptors (Lipinski definition) is 8. The highest BCUT2D eigenvalue weighted by molar-refractivity contribution is 5.86. The molecule has 9 heteroatoms. The van der Waals surface area contributed by atoms with E-state index in [2.05, 4.69) is 42.3 Å². The average Bonchev–Trinajstić information content (AvgIpc) is 2.86. The molecule has 3 aromatic rings. The van der Waals surface area contributed by atoms with Gasteiger partial charge in [0.25, 0.3) is 0 Å². The molecule has 2 N–H and O–H groups in total. The van der Waals surface area contributed by atoms with E-state index in [9.17, 15) is 4.79 Å². The Morgan fingerprint density at radius 3 is 2.62 bits per heavy atom. The van der Waals surface area contributed by atoms with Crippen LogP contribution in [-0.2, 0) is 4.74 Å². The zero-order valence-corrected chi connectivity index (χ0v) is 19.0. The molecule has 1 aliphatic rings. The molecule has 34 heavy (non-hydrogen) atoms. The van der Waals surface area contributed by atoms with Crippen molar-refractivity contribution in [2.75, 3.05) is 50.0 Å². The molecule has 1 saturated heterocycles. The summed E-state index contributed by atoms with van der Waals surface area (Å²) in [6.45, 7) is 7.03. The standard InChI is InChI=1S/C25H26N6O3/c1-19-21(15-22(18-27-19)30-25(32)34-23-5-3-2-4-6-23)8-7-20-16-28-24(29-17-20)26-9-10-31-11-13-33-14-12-31/h2-6,15-18H,9-14H2,1H3,(H,30,32)(H,26,28,29). The minimum Gasteiger partial charge on any atom is -0.410 e. The number of para-hydroxylation sites is 1. The van der Waals surface area contributed by atoms with Gasteiger partial charge in [0.15, 0.2) is 0 Å². The van der Waals surface area contributed by atoms with Crippen molar-refractivity contribution in [3.8, 4) is 17.6 Å². The second-order valence-corrected chi connectivity index (χ2v) is 7.61. The number of benzene rings is 1. The molecule has 1 fully saturated rings. The van der Waals surface area contributed by atoms with Crippen LogP contribution in [0.15, 0.2) is 55.0 Å². The number of morpholine rings is 1. The van der Waals surface area contributed by atoms with Crippen LogP contribution < -0.4 is 15.4 Å². The molecule has 0 aliphatic carbocycles. The average molecular weight is 459 g/mol. The highest BCUT2D eigenvalue weighted by Crippen LogP contribution is 2.14. The molecule has 0 saturated carbocycles. The lowest BCUT2D eigenvalue weighted by Crippen LogP contribution is -2.39. The smallest absolute Gasteiger partial charge is 0.410 e. The lowest BCUT2D eigenvalue weighted by Gasteiger charge is -2.26. The number of aryl methyl sites for hydroxylation is 1.